The highest BCUT2D eigenvalue weighted by molar-refractivity contribution is 9.10. The van der Waals surface area contributed by atoms with Crippen molar-refractivity contribution >= 4 is 41.6 Å². The van der Waals surface area contributed by atoms with E-state index in [0.717, 1.165) is 28.5 Å². The van der Waals surface area contributed by atoms with Crippen LogP contribution in [0.2, 0.25) is 18.6 Å². The van der Waals surface area contributed by atoms with E-state index in [1.165, 1.54) is 21.3 Å². The normalized spacial score (nSPS) is 33.1. The molecule has 5 atom stereocenters. The van der Waals surface area contributed by atoms with E-state index >= 15 is 0 Å². The van der Waals surface area contributed by atoms with Gasteiger partial charge in [0.25, 0.3) is 0 Å². The second kappa shape index (κ2) is 6.27. The molecule has 1 aromatic carbocycles. The van der Waals surface area contributed by atoms with E-state index in [1.807, 2.05) is 0 Å². The molecule has 1 aliphatic carbocycles. The lowest BCUT2D eigenvalue weighted by Crippen LogP contribution is -2.47. The van der Waals surface area contributed by atoms with Gasteiger partial charge in [-0.3, -0.25) is 0 Å². The average Bonchev–Trinajstić information content (AvgIpc) is 2.98. The summed E-state index contributed by atoms with van der Waals surface area (Å²) in [5.41, 5.74) is 4.78. The monoisotopic (exact) mass is 409 g/mol. The quantitative estimate of drug-likeness (QED) is 0.565. The van der Waals surface area contributed by atoms with Crippen molar-refractivity contribution in [3.05, 3.63) is 39.2 Å². The van der Waals surface area contributed by atoms with Crippen LogP contribution in [-0.4, -0.2) is 13.5 Å². The summed E-state index contributed by atoms with van der Waals surface area (Å²) in [5.74, 6) is 2.37. The van der Waals surface area contributed by atoms with Gasteiger partial charge in [-0.15, -0.1) is 11.8 Å². The number of allylic oxidation sites excluding steroid dienone is 1. The van der Waals surface area contributed by atoms with Crippen LogP contribution >= 0.6 is 27.7 Å². The molecule has 23 heavy (non-hydrogen) atoms. The number of fused-ring (bicyclic) bond motifs is 1. The molecule has 1 aliphatic heterocycles. The van der Waals surface area contributed by atoms with Crippen LogP contribution in [0.3, 0.4) is 0 Å². The van der Waals surface area contributed by atoms with Gasteiger partial charge < -0.3 is 4.98 Å². The van der Waals surface area contributed by atoms with Gasteiger partial charge >= 0.3 is 0 Å². The van der Waals surface area contributed by atoms with Crippen LogP contribution in [0.4, 0.5) is 5.69 Å². The zero-order valence-corrected chi connectivity index (χ0v) is 18.4. The van der Waals surface area contributed by atoms with E-state index in [0.29, 0.717) is 0 Å². The van der Waals surface area contributed by atoms with Crippen molar-refractivity contribution in [1.29, 1.82) is 0 Å². The minimum absolute atomic E-state index is 0.774. The molecule has 0 saturated heterocycles. The topological polar surface area (TPSA) is 12.0 Å². The Labute approximate surface area is 154 Å². The molecule has 0 spiro atoms. The van der Waals surface area contributed by atoms with Gasteiger partial charge in [-0.05, 0) is 75.7 Å². The van der Waals surface area contributed by atoms with E-state index in [4.69, 9.17) is 0 Å². The highest BCUT2D eigenvalue weighted by Crippen LogP contribution is 2.58. The number of benzene rings is 1. The van der Waals surface area contributed by atoms with E-state index in [9.17, 15) is 0 Å². The molecule has 126 valence electrons. The number of nitrogens with one attached hydrogen (secondary N) is 1. The smallest absolute Gasteiger partial charge is 0.151 e. The lowest BCUT2D eigenvalue weighted by Gasteiger charge is -2.38. The highest BCUT2D eigenvalue weighted by atomic mass is 79.9. The predicted molar refractivity (Wildman–Crippen MR) is 111 cm³/mol. The molecule has 1 N–H and O–H groups in total. The zero-order valence-electron chi connectivity index (χ0n) is 15.0. The molecule has 0 bridgehead atoms. The summed E-state index contributed by atoms with van der Waals surface area (Å²) >= 11 is 5.86. The second-order valence-corrected chi connectivity index (χ2v) is 14.3. The Balaban J connectivity index is 1.90. The van der Waals surface area contributed by atoms with Gasteiger partial charge in [0.1, 0.15) is 0 Å². The second-order valence-electron chi connectivity index (χ2n) is 8.04. The van der Waals surface area contributed by atoms with Gasteiger partial charge in [0.05, 0.1) is 0 Å². The number of hydrogen-bond acceptors (Lipinski definition) is 2. The third kappa shape index (κ3) is 3.07. The van der Waals surface area contributed by atoms with Gasteiger partial charge in [-0.2, -0.15) is 0 Å². The van der Waals surface area contributed by atoms with E-state index in [1.54, 1.807) is 0 Å². The molecule has 1 heterocycles. The predicted octanol–water partition coefficient (Wildman–Crippen LogP) is 6.58. The molecule has 1 fully saturated rings. The maximum atomic E-state index is 4.04. The molecule has 5 unspecified atom stereocenters. The molecule has 1 saturated carbocycles. The SMILES string of the molecule is Cc1cc(C)c(N[Si](C)(C)C2C(C)C(C)C3C=CSC32)c(Br)c1. The summed E-state index contributed by atoms with van der Waals surface area (Å²) in [5, 5.41) is 3.13. The Morgan fingerprint density at radius 1 is 1.13 bits per heavy atom. The molecular formula is C19H28BrNSSi. The Bertz CT molecular complexity index is 619. The third-order valence-corrected chi connectivity index (χ3v) is 11.5. The number of rotatable bonds is 3. The Kier molecular flexibility index (Phi) is 4.80. The number of halogens is 1. The molecule has 1 aromatic rings. The first kappa shape index (κ1) is 17.6. The summed E-state index contributed by atoms with van der Waals surface area (Å²) in [7, 11) is -1.62. The summed E-state index contributed by atoms with van der Waals surface area (Å²) in [6.07, 6.45) is 2.47. The molecule has 3 rings (SSSR count). The first-order valence-corrected chi connectivity index (χ1v) is 13.4. The number of anilines is 1. The van der Waals surface area contributed by atoms with Gasteiger partial charge in [-0.25, -0.2) is 0 Å². The van der Waals surface area contributed by atoms with Crippen molar-refractivity contribution in [3.63, 3.8) is 0 Å². The van der Waals surface area contributed by atoms with Crippen LogP contribution in [0.1, 0.15) is 25.0 Å². The molecule has 1 nitrogen and oxygen atoms in total. The van der Waals surface area contributed by atoms with Crippen molar-refractivity contribution in [2.75, 3.05) is 4.98 Å². The van der Waals surface area contributed by atoms with Crippen LogP contribution in [0.25, 0.3) is 0 Å². The summed E-state index contributed by atoms with van der Waals surface area (Å²) in [6.45, 7) is 14.4. The molecule has 4 heteroatoms. The maximum absolute atomic E-state index is 4.04. The standard InChI is InChI=1S/C19H28BrNSSi/c1-11-9-12(2)17(16(20)10-11)21-23(5,6)19-14(4)13(3)15-7-8-22-18(15)19/h7-10,13-15,18-19,21H,1-6H3. The van der Waals surface area contributed by atoms with Crippen LogP contribution in [0, 0.1) is 31.6 Å². The summed E-state index contributed by atoms with van der Waals surface area (Å²) < 4.78 is 1.21. The molecule has 2 aliphatic rings. The van der Waals surface area contributed by atoms with Crippen LogP contribution in [0.5, 0.6) is 0 Å². The zero-order chi connectivity index (χ0) is 16.9. The Morgan fingerprint density at radius 2 is 1.83 bits per heavy atom. The van der Waals surface area contributed by atoms with Crippen molar-refractivity contribution in [2.24, 2.45) is 17.8 Å². The third-order valence-electron chi connectivity index (χ3n) is 5.98. The van der Waals surface area contributed by atoms with Gasteiger partial charge in [0, 0.05) is 15.4 Å². The van der Waals surface area contributed by atoms with Crippen LogP contribution in [-0.2, 0) is 0 Å². The molecule has 0 amide bonds. The molecule has 0 aromatic heterocycles. The fourth-order valence-corrected chi connectivity index (χ4v) is 12.2. The lowest BCUT2D eigenvalue weighted by atomic mass is 9.93. The fourth-order valence-electron chi connectivity index (χ4n) is 4.75. The molecular weight excluding hydrogens is 382 g/mol. The minimum Gasteiger partial charge on any atom is -0.409 e. The minimum atomic E-state index is -1.62. The highest BCUT2D eigenvalue weighted by Gasteiger charge is 2.53. The number of thioether (sulfide) groups is 1. The Hall–Kier alpha value is -0.193. The van der Waals surface area contributed by atoms with Crippen molar-refractivity contribution in [2.45, 2.75) is 51.6 Å². The van der Waals surface area contributed by atoms with Crippen molar-refractivity contribution < 1.29 is 0 Å². The summed E-state index contributed by atoms with van der Waals surface area (Å²) in [4.78, 5) is 4.04. The summed E-state index contributed by atoms with van der Waals surface area (Å²) in [6, 6.07) is 4.52. The maximum Gasteiger partial charge on any atom is 0.151 e. The average molecular weight is 410 g/mol. The lowest BCUT2D eigenvalue weighted by molar-refractivity contribution is 0.406. The van der Waals surface area contributed by atoms with Crippen LogP contribution in [0.15, 0.2) is 28.1 Å². The van der Waals surface area contributed by atoms with Gasteiger partial charge in [0.15, 0.2) is 8.24 Å². The van der Waals surface area contributed by atoms with E-state index in [2.05, 4.69) is 97.1 Å². The van der Waals surface area contributed by atoms with Gasteiger partial charge in [-0.1, -0.05) is 39.1 Å². The molecule has 0 radical (unpaired) electrons. The first-order chi connectivity index (χ1) is 10.7. The first-order valence-electron chi connectivity index (χ1n) is 8.59. The largest absolute Gasteiger partial charge is 0.409 e. The van der Waals surface area contributed by atoms with Crippen LogP contribution < -0.4 is 4.98 Å². The number of aryl methyl sites for hydroxylation is 2. The fraction of sp³-hybridized carbons (Fsp3) is 0.579. The van der Waals surface area contributed by atoms with Crippen molar-refractivity contribution in [3.8, 4) is 0 Å². The van der Waals surface area contributed by atoms with Gasteiger partial charge in [0.2, 0.25) is 0 Å². The van der Waals surface area contributed by atoms with E-state index in [-0.39, 0.29) is 0 Å². The Morgan fingerprint density at radius 3 is 2.48 bits per heavy atom. The van der Waals surface area contributed by atoms with E-state index < -0.39 is 8.24 Å². The van der Waals surface area contributed by atoms with Crippen molar-refractivity contribution in [1.82, 2.24) is 0 Å². The number of hydrogen-bond donors (Lipinski definition) is 1.